The standard InChI is InChI=1S/C34H37N3O6S/c1-3-43-26-15-11-22(12-16-26)35-31(39)28-27-17-18-34(44-27)29(28)33(41)37(24(20-38)19-21-7-5-4-6-8-21)30(34)32(40)36-23-9-13-25(42-2)14-10-23/h4-16,24,27-30,38H,3,17-20H2,1-2H3,(H,35,39)(H,36,40)/t24-,27-,28+,29+,30?,34?/m1/s1. The first-order valence-electron chi connectivity index (χ1n) is 15.0. The van der Waals surface area contributed by atoms with Gasteiger partial charge in [-0.3, -0.25) is 14.4 Å². The maximum Gasteiger partial charge on any atom is 0.248 e. The summed E-state index contributed by atoms with van der Waals surface area (Å²) in [5.41, 5.74) is 2.15. The molecule has 3 aliphatic rings. The van der Waals surface area contributed by atoms with Gasteiger partial charge in [-0.15, -0.1) is 11.8 Å². The molecule has 3 aromatic rings. The number of benzene rings is 3. The molecule has 3 N–H and O–H groups in total. The summed E-state index contributed by atoms with van der Waals surface area (Å²) in [4.78, 5) is 44.2. The number of amides is 3. The number of fused-ring (bicyclic) bond motifs is 1. The average Bonchev–Trinajstić information content (AvgIpc) is 3.69. The highest BCUT2D eigenvalue weighted by atomic mass is 32.2. The fraction of sp³-hybridized carbons (Fsp3) is 0.382. The van der Waals surface area contributed by atoms with Gasteiger partial charge < -0.3 is 30.1 Å². The molecular weight excluding hydrogens is 578 g/mol. The van der Waals surface area contributed by atoms with Crippen molar-refractivity contribution in [3.63, 3.8) is 0 Å². The summed E-state index contributed by atoms with van der Waals surface area (Å²) in [6.45, 7) is 2.14. The van der Waals surface area contributed by atoms with Crippen LogP contribution in [0.15, 0.2) is 78.9 Å². The van der Waals surface area contributed by atoms with E-state index in [1.165, 1.54) is 0 Å². The smallest absolute Gasteiger partial charge is 0.248 e. The van der Waals surface area contributed by atoms with Crippen LogP contribution in [0.1, 0.15) is 25.3 Å². The number of rotatable bonds is 11. The van der Waals surface area contributed by atoms with E-state index in [4.69, 9.17) is 9.47 Å². The van der Waals surface area contributed by atoms with Gasteiger partial charge >= 0.3 is 0 Å². The third kappa shape index (κ3) is 5.41. The fourth-order valence-electron chi connectivity index (χ4n) is 7.13. The number of carbonyl (C=O) groups excluding carboxylic acids is 3. The van der Waals surface area contributed by atoms with Gasteiger partial charge in [0.15, 0.2) is 0 Å². The number of methoxy groups -OCH3 is 1. The molecule has 6 atom stereocenters. The van der Waals surface area contributed by atoms with E-state index in [0.717, 1.165) is 12.0 Å². The number of carbonyl (C=O) groups is 3. The van der Waals surface area contributed by atoms with E-state index < -0.39 is 28.7 Å². The molecule has 3 aliphatic heterocycles. The van der Waals surface area contributed by atoms with Crippen molar-refractivity contribution in [2.75, 3.05) is 31.0 Å². The van der Waals surface area contributed by atoms with Gasteiger partial charge in [-0.1, -0.05) is 30.3 Å². The molecule has 9 nitrogen and oxygen atoms in total. The SMILES string of the molecule is CCOc1ccc(NC(=O)[C@@H]2[C@H]3C(=O)N([C@@H](CO)Cc4ccccc4)C(C(=O)Nc4ccc(OC)cc4)C34CC[C@H]2S4)cc1. The Bertz CT molecular complexity index is 1500. The van der Waals surface area contributed by atoms with E-state index in [-0.39, 0.29) is 29.6 Å². The number of thioether (sulfide) groups is 1. The van der Waals surface area contributed by atoms with Gasteiger partial charge in [0.1, 0.15) is 17.5 Å². The van der Waals surface area contributed by atoms with Crippen LogP contribution in [0, 0.1) is 11.8 Å². The van der Waals surface area contributed by atoms with E-state index in [9.17, 15) is 19.5 Å². The maximum absolute atomic E-state index is 14.5. The van der Waals surface area contributed by atoms with Crippen LogP contribution in [0.25, 0.3) is 0 Å². The van der Waals surface area contributed by atoms with Crippen molar-refractivity contribution in [3.8, 4) is 11.5 Å². The van der Waals surface area contributed by atoms with Crippen LogP contribution in [-0.2, 0) is 20.8 Å². The van der Waals surface area contributed by atoms with Gasteiger partial charge in [-0.25, -0.2) is 0 Å². The summed E-state index contributed by atoms with van der Waals surface area (Å²) >= 11 is 1.59. The van der Waals surface area contributed by atoms with E-state index in [1.807, 2.05) is 37.3 Å². The molecule has 0 saturated carbocycles. The van der Waals surface area contributed by atoms with Crippen molar-refractivity contribution in [1.82, 2.24) is 4.90 Å². The summed E-state index contributed by atoms with van der Waals surface area (Å²) in [6.07, 6.45) is 1.74. The Kier molecular flexibility index (Phi) is 8.55. The monoisotopic (exact) mass is 615 g/mol. The second-order valence-electron chi connectivity index (χ2n) is 11.5. The molecule has 0 aromatic heterocycles. The van der Waals surface area contributed by atoms with Crippen LogP contribution in [0.5, 0.6) is 11.5 Å². The molecule has 6 rings (SSSR count). The Labute approximate surface area is 261 Å². The van der Waals surface area contributed by atoms with Crippen molar-refractivity contribution in [1.29, 1.82) is 0 Å². The Balaban J connectivity index is 1.32. The number of hydrogen-bond acceptors (Lipinski definition) is 7. The van der Waals surface area contributed by atoms with E-state index in [1.54, 1.807) is 72.3 Å². The summed E-state index contributed by atoms with van der Waals surface area (Å²) in [6, 6.07) is 22.3. The first-order chi connectivity index (χ1) is 21.4. The molecule has 10 heteroatoms. The van der Waals surface area contributed by atoms with Crippen molar-refractivity contribution in [2.45, 2.75) is 48.3 Å². The summed E-state index contributed by atoms with van der Waals surface area (Å²) in [7, 11) is 1.58. The van der Waals surface area contributed by atoms with Crippen molar-refractivity contribution >= 4 is 40.9 Å². The first kappa shape index (κ1) is 30.0. The maximum atomic E-state index is 14.5. The van der Waals surface area contributed by atoms with Crippen molar-refractivity contribution in [3.05, 3.63) is 84.4 Å². The zero-order valence-corrected chi connectivity index (χ0v) is 25.6. The highest BCUT2D eigenvalue weighted by Gasteiger charge is 2.74. The number of hydrogen-bond donors (Lipinski definition) is 3. The fourth-order valence-corrected chi connectivity index (χ4v) is 9.34. The molecule has 3 heterocycles. The van der Waals surface area contributed by atoms with E-state index in [2.05, 4.69) is 10.6 Å². The third-order valence-corrected chi connectivity index (χ3v) is 10.9. The zero-order chi connectivity index (χ0) is 30.8. The number of anilines is 2. The van der Waals surface area contributed by atoms with Crippen molar-refractivity contribution < 1.29 is 29.0 Å². The summed E-state index contributed by atoms with van der Waals surface area (Å²) in [5, 5.41) is 16.6. The Morgan fingerprint density at radius 3 is 2.23 bits per heavy atom. The minimum atomic E-state index is -0.860. The lowest BCUT2D eigenvalue weighted by Crippen LogP contribution is -2.55. The Morgan fingerprint density at radius 2 is 1.61 bits per heavy atom. The first-order valence-corrected chi connectivity index (χ1v) is 15.9. The number of aliphatic hydroxyl groups excluding tert-OH is 1. The lowest BCUT2D eigenvalue weighted by molar-refractivity contribution is -0.141. The number of likely N-dealkylation sites (tertiary alicyclic amines) is 1. The number of nitrogens with zero attached hydrogens (tertiary/aromatic N) is 1. The van der Waals surface area contributed by atoms with Gasteiger partial charge in [0.25, 0.3) is 0 Å². The van der Waals surface area contributed by atoms with Crippen LogP contribution < -0.4 is 20.1 Å². The van der Waals surface area contributed by atoms with E-state index in [0.29, 0.717) is 42.3 Å². The van der Waals surface area contributed by atoms with Crippen LogP contribution in [0.3, 0.4) is 0 Å². The number of aliphatic hydroxyl groups is 1. The minimum Gasteiger partial charge on any atom is -0.497 e. The molecule has 3 aromatic carbocycles. The third-order valence-electron chi connectivity index (χ3n) is 9.00. The van der Waals surface area contributed by atoms with Crippen LogP contribution in [0.2, 0.25) is 0 Å². The molecule has 1 spiro atoms. The highest BCUT2D eigenvalue weighted by Crippen LogP contribution is 2.66. The predicted molar refractivity (Wildman–Crippen MR) is 170 cm³/mol. The summed E-state index contributed by atoms with van der Waals surface area (Å²) < 4.78 is 9.99. The number of nitrogens with one attached hydrogen (secondary N) is 2. The molecule has 44 heavy (non-hydrogen) atoms. The van der Waals surface area contributed by atoms with Gasteiger partial charge in [-0.05, 0) is 80.3 Å². The van der Waals surface area contributed by atoms with Gasteiger partial charge in [0.2, 0.25) is 17.7 Å². The summed E-state index contributed by atoms with van der Waals surface area (Å²) in [5.74, 6) is -0.730. The minimum absolute atomic E-state index is 0.0909. The van der Waals surface area contributed by atoms with Crippen LogP contribution in [0.4, 0.5) is 11.4 Å². The zero-order valence-electron chi connectivity index (χ0n) is 24.8. The van der Waals surface area contributed by atoms with Crippen molar-refractivity contribution in [2.24, 2.45) is 11.8 Å². The van der Waals surface area contributed by atoms with Gasteiger partial charge in [0.05, 0.1) is 42.9 Å². The van der Waals surface area contributed by atoms with Crippen LogP contribution in [-0.4, -0.2) is 70.1 Å². The molecule has 2 bridgehead atoms. The molecule has 3 fully saturated rings. The second-order valence-corrected chi connectivity index (χ2v) is 13.1. The van der Waals surface area contributed by atoms with Gasteiger partial charge in [-0.2, -0.15) is 0 Å². The molecule has 0 radical (unpaired) electrons. The normalized spacial score (nSPS) is 25.8. The van der Waals surface area contributed by atoms with E-state index >= 15 is 0 Å². The van der Waals surface area contributed by atoms with Crippen LogP contribution >= 0.6 is 11.8 Å². The molecule has 3 amide bonds. The quantitative estimate of drug-likeness (QED) is 0.293. The largest absolute Gasteiger partial charge is 0.497 e. The Morgan fingerprint density at radius 1 is 0.977 bits per heavy atom. The Hall–Kier alpha value is -4.02. The van der Waals surface area contributed by atoms with Gasteiger partial charge in [0, 0.05) is 16.6 Å². The topological polar surface area (TPSA) is 117 Å². The molecular formula is C34H37N3O6S. The molecule has 230 valence electrons. The second kappa shape index (κ2) is 12.5. The predicted octanol–water partition coefficient (Wildman–Crippen LogP) is 4.37. The molecule has 3 saturated heterocycles. The average molecular weight is 616 g/mol. The number of ether oxygens (including phenoxy) is 2. The lowest BCUT2D eigenvalue weighted by Gasteiger charge is -2.37. The highest BCUT2D eigenvalue weighted by molar-refractivity contribution is 8.02. The lowest BCUT2D eigenvalue weighted by atomic mass is 9.70. The molecule has 2 unspecified atom stereocenters. The molecule has 0 aliphatic carbocycles.